The van der Waals surface area contributed by atoms with Crippen LogP contribution in [0.4, 0.5) is 0 Å². The highest BCUT2D eigenvalue weighted by atomic mass is 35.5. The number of carbonyl (C=O) groups excluding carboxylic acids is 1. The molecule has 0 spiro atoms. The average molecular weight is 368 g/mol. The van der Waals surface area contributed by atoms with E-state index in [4.69, 9.17) is 16.3 Å². The Morgan fingerprint density at radius 3 is 2.33 bits per heavy atom. The molecule has 128 valence electrons. The molecule has 0 heterocycles. The zero-order chi connectivity index (χ0) is 18.1. The van der Waals surface area contributed by atoms with Crippen molar-refractivity contribution in [1.82, 2.24) is 4.31 Å². The monoisotopic (exact) mass is 367 g/mol. The zero-order valence-electron chi connectivity index (χ0n) is 13.8. The second-order valence-electron chi connectivity index (χ2n) is 5.59. The van der Waals surface area contributed by atoms with Gasteiger partial charge in [0.15, 0.2) is 0 Å². The van der Waals surface area contributed by atoms with Crippen molar-refractivity contribution in [3.8, 4) is 5.75 Å². The third-order valence-corrected chi connectivity index (χ3v) is 5.61. The molecule has 0 aliphatic rings. The summed E-state index contributed by atoms with van der Waals surface area (Å²) in [6.07, 6.45) is 0. The van der Waals surface area contributed by atoms with Gasteiger partial charge in [0.05, 0.1) is 15.5 Å². The van der Waals surface area contributed by atoms with E-state index < -0.39 is 16.0 Å². The van der Waals surface area contributed by atoms with Gasteiger partial charge in [0, 0.05) is 14.1 Å². The van der Waals surface area contributed by atoms with Crippen LogP contribution in [0.25, 0.3) is 0 Å². The first kappa shape index (κ1) is 18.4. The summed E-state index contributed by atoms with van der Waals surface area (Å²) in [4.78, 5) is 12.4. The molecule has 2 rings (SSSR count). The molecular weight excluding hydrogens is 350 g/mol. The third-order valence-electron chi connectivity index (χ3n) is 3.47. The van der Waals surface area contributed by atoms with E-state index in [1.807, 2.05) is 26.0 Å². The molecule has 0 bridgehead atoms. The van der Waals surface area contributed by atoms with Crippen molar-refractivity contribution in [2.24, 2.45) is 0 Å². The summed E-state index contributed by atoms with van der Waals surface area (Å²) in [6.45, 7) is 3.76. The molecule has 0 unspecified atom stereocenters. The number of rotatable bonds is 4. The molecule has 0 aromatic heterocycles. The van der Waals surface area contributed by atoms with Crippen molar-refractivity contribution < 1.29 is 17.9 Å². The van der Waals surface area contributed by atoms with Crippen molar-refractivity contribution in [2.75, 3.05) is 14.1 Å². The van der Waals surface area contributed by atoms with E-state index in [1.165, 1.54) is 32.3 Å². The highest BCUT2D eigenvalue weighted by molar-refractivity contribution is 7.89. The highest BCUT2D eigenvalue weighted by Crippen LogP contribution is 2.25. The normalized spacial score (nSPS) is 11.6. The van der Waals surface area contributed by atoms with E-state index in [1.54, 1.807) is 6.07 Å². The Balaban J connectivity index is 2.39. The predicted molar refractivity (Wildman–Crippen MR) is 93.2 cm³/mol. The molecule has 0 atom stereocenters. The van der Waals surface area contributed by atoms with Crippen molar-refractivity contribution in [3.05, 3.63) is 58.1 Å². The maximum atomic E-state index is 12.4. The van der Waals surface area contributed by atoms with Gasteiger partial charge in [0.25, 0.3) is 0 Å². The second kappa shape index (κ2) is 6.93. The summed E-state index contributed by atoms with van der Waals surface area (Å²) in [5.74, 6) is -0.301. The Morgan fingerprint density at radius 2 is 1.75 bits per heavy atom. The van der Waals surface area contributed by atoms with E-state index in [0.29, 0.717) is 5.75 Å². The van der Waals surface area contributed by atoms with Crippen LogP contribution in [-0.2, 0) is 10.0 Å². The fourth-order valence-corrected chi connectivity index (χ4v) is 3.22. The second-order valence-corrected chi connectivity index (χ2v) is 8.15. The van der Waals surface area contributed by atoms with Crippen LogP contribution in [0.1, 0.15) is 21.5 Å². The fourth-order valence-electron chi connectivity index (χ4n) is 2.10. The van der Waals surface area contributed by atoms with Crippen LogP contribution < -0.4 is 4.74 Å². The Hall–Kier alpha value is -1.89. The van der Waals surface area contributed by atoms with Crippen molar-refractivity contribution in [3.63, 3.8) is 0 Å². The third kappa shape index (κ3) is 3.77. The standard InChI is InChI=1S/C17H18ClNO4S/c1-11-5-8-16(12(2)9-11)23-17(20)14-10-13(6-7-15(14)18)24(21,22)19(3)4/h5-10H,1-4H3. The Morgan fingerprint density at radius 1 is 1.08 bits per heavy atom. The Kier molecular flexibility index (Phi) is 5.32. The quantitative estimate of drug-likeness (QED) is 0.613. The van der Waals surface area contributed by atoms with Gasteiger partial charge in [-0.2, -0.15) is 0 Å². The first-order chi connectivity index (χ1) is 11.1. The summed E-state index contributed by atoms with van der Waals surface area (Å²) >= 11 is 6.04. The molecule has 7 heteroatoms. The number of sulfonamides is 1. The molecule has 0 amide bonds. The molecule has 5 nitrogen and oxygen atoms in total. The maximum Gasteiger partial charge on any atom is 0.345 e. The maximum absolute atomic E-state index is 12.4. The Bertz CT molecular complexity index is 891. The molecule has 0 aliphatic heterocycles. The van der Waals surface area contributed by atoms with Crippen LogP contribution in [0.5, 0.6) is 5.75 Å². The molecule has 0 saturated heterocycles. The van der Waals surface area contributed by atoms with Gasteiger partial charge in [-0.25, -0.2) is 17.5 Å². The van der Waals surface area contributed by atoms with Gasteiger partial charge in [-0.3, -0.25) is 0 Å². The van der Waals surface area contributed by atoms with E-state index in [0.717, 1.165) is 15.4 Å². The van der Waals surface area contributed by atoms with Gasteiger partial charge >= 0.3 is 5.97 Å². The van der Waals surface area contributed by atoms with Crippen molar-refractivity contribution >= 4 is 27.6 Å². The van der Waals surface area contributed by atoms with Gasteiger partial charge < -0.3 is 4.74 Å². The minimum atomic E-state index is -3.67. The number of carbonyl (C=O) groups is 1. The minimum Gasteiger partial charge on any atom is -0.423 e. The lowest BCUT2D eigenvalue weighted by molar-refractivity contribution is 0.0733. The molecule has 0 saturated carbocycles. The van der Waals surface area contributed by atoms with E-state index in [2.05, 4.69) is 0 Å². The number of hydrogen-bond donors (Lipinski definition) is 0. The number of nitrogens with zero attached hydrogens (tertiary/aromatic N) is 1. The fraction of sp³-hybridized carbons (Fsp3) is 0.235. The summed E-state index contributed by atoms with van der Waals surface area (Å²) in [6, 6.07) is 9.35. The lowest BCUT2D eigenvalue weighted by atomic mass is 10.1. The molecular formula is C17H18ClNO4S. The Labute approximate surface area is 146 Å². The highest BCUT2D eigenvalue weighted by Gasteiger charge is 2.22. The predicted octanol–water partition coefficient (Wildman–Crippen LogP) is 3.43. The van der Waals surface area contributed by atoms with Crippen LogP contribution in [0.2, 0.25) is 5.02 Å². The summed E-state index contributed by atoms with van der Waals surface area (Å²) in [5, 5.41) is 0.127. The van der Waals surface area contributed by atoms with Crippen molar-refractivity contribution in [2.45, 2.75) is 18.7 Å². The van der Waals surface area contributed by atoms with Crippen LogP contribution >= 0.6 is 11.6 Å². The number of halogens is 1. The minimum absolute atomic E-state index is 0.000401. The van der Waals surface area contributed by atoms with Gasteiger partial charge in [-0.15, -0.1) is 0 Å². The SMILES string of the molecule is Cc1ccc(OC(=O)c2cc(S(=O)(=O)N(C)C)ccc2Cl)c(C)c1. The summed E-state index contributed by atoms with van der Waals surface area (Å²) in [5.41, 5.74) is 1.85. The smallest absolute Gasteiger partial charge is 0.345 e. The van der Waals surface area contributed by atoms with Gasteiger partial charge in [0.1, 0.15) is 5.75 Å². The average Bonchev–Trinajstić information content (AvgIpc) is 2.50. The lowest BCUT2D eigenvalue weighted by Gasteiger charge is -2.13. The van der Waals surface area contributed by atoms with Gasteiger partial charge in [-0.1, -0.05) is 29.3 Å². The first-order valence-electron chi connectivity index (χ1n) is 7.14. The number of benzene rings is 2. The molecule has 2 aromatic carbocycles. The zero-order valence-corrected chi connectivity index (χ0v) is 15.4. The number of ether oxygens (including phenoxy) is 1. The molecule has 0 radical (unpaired) electrons. The number of aryl methyl sites for hydroxylation is 2. The molecule has 0 fully saturated rings. The molecule has 24 heavy (non-hydrogen) atoms. The van der Waals surface area contributed by atoms with E-state index in [9.17, 15) is 13.2 Å². The number of esters is 1. The lowest BCUT2D eigenvalue weighted by Crippen LogP contribution is -2.22. The summed E-state index contributed by atoms with van der Waals surface area (Å²) < 4.78 is 30.8. The largest absolute Gasteiger partial charge is 0.423 e. The van der Waals surface area contributed by atoms with Crippen LogP contribution in [0.15, 0.2) is 41.3 Å². The van der Waals surface area contributed by atoms with Gasteiger partial charge in [0.2, 0.25) is 10.0 Å². The van der Waals surface area contributed by atoms with Crippen LogP contribution in [-0.4, -0.2) is 32.8 Å². The van der Waals surface area contributed by atoms with Gasteiger partial charge in [-0.05, 0) is 43.7 Å². The summed E-state index contributed by atoms with van der Waals surface area (Å²) in [7, 11) is -0.841. The van der Waals surface area contributed by atoms with Crippen molar-refractivity contribution in [1.29, 1.82) is 0 Å². The van der Waals surface area contributed by atoms with E-state index >= 15 is 0 Å². The molecule has 0 N–H and O–H groups in total. The van der Waals surface area contributed by atoms with E-state index in [-0.39, 0.29) is 15.5 Å². The topological polar surface area (TPSA) is 63.7 Å². The van der Waals surface area contributed by atoms with Crippen LogP contribution in [0, 0.1) is 13.8 Å². The molecule has 2 aromatic rings. The molecule has 0 aliphatic carbocycles. The van der Waals surface area contributed by atoms with Crippen LogP contribution in [0.3, 0.4) is 0 Å². The first-order valence-corrected chi connectivity index (χ1v) is 8.96. The number of hydrogen-bond acceptors (Lipinski definition) is 4.